The highest BCUT2D eigenvalue weighted by molar-refractivity contribution is 5.12. The van der Waals surface area contributed by atoms with E-state index in [0.717, 1.165) is 110 Å². The first-order chi connectivity index (χ1) is 29.3. The summed E-state index contributed by atoms with van der Waals surface area (Å²) in [4.78, 5) is 0. The summed E-state index contributed by atoms with van der Waals surface area (Å²) in [6.45, 7) is 19.8. The van der Waals surface area contributed by atoms with Crippen molar-refractivity contribution in [3.05, 3.63) is 0 Å². The Morgan fingerprint density at radius 3 is 1.13 bits per heavy atom. The highest BCUT2D eigenvalue weighted by atomic mass is 16.3. The lowest BCUT2D eigenvalue weighted by molar-refractivity contribution is -0.148. The number of aliphatic hydroxyl groups excluding tert-OH is 2. The summed E-state index contributed by atoms with van der Waals surface area (Å²) in [5.74, 6) is 11.5. The second kappa shape index (κ2) is 17.4. The molecule has 0 spiro atoms. The first kappa shape index (κ1) is 46.9. The van der Waals surface area contributed by atoms with E-state index in [9.17, 15) is 20.4 Å². The SMILES string of the molecule is C[C@H](CC[C@@H](O)C1CCC1)[C@H]1CC[C@H]2[C@@H]3CC[C@H]4C[C@@](C)(O)CC[C@]4(C)[C@H]3CC[C@]12C.C[C@H](CC[C@H](O)C1CCC1)[C@H]1CC[C@H]2[C@@H]3CC[C@H]4C[C@@](C)(O)CC[C@]4(C)[C@H]3CC[C@]12C. The minimum atomic E-state index is -0.419. The largest absolute Gasteiger partial charge is 0.393 e. The molecule has 0 aliphatic heterocycles. The Hall–Kier alpha value is -0.160. The third-order valence-corrected chi connectivity index (χ3v) is 24.7. The third-order valence-electron chi connectivity index (χ3n) is 24.7. The highest BCUT2D eigenvalue weighted by Crippen LogP contribution is 2.71. The maximum atomic E-state index is 10.7. The van der Waals surface area contributed by atoms with Crippen LogP contribution in [0.25, 0.3) is 0 Å². The minimum Gasteiger partial charge on any atom is -0.393 e. The van der Waals surface area contributed by atoms with Gasteiger partial charge in [0.05, 0.1) is 23.4 Å². The van der Waals surface area contributed by atoms with Crippen molar-refractivity contribution >= 4 is 0 Å². The Morgan fingerprint density at radius 2 is 0.774 bits per heavy atom. The Labute approximate surface area is 382 Å². The molecule has 4 N–H and O–H groups in total. The van der Waals surface area contributed by atoms with Crippen molar-refractivity contribution in [2.24, 2.45) is 105 Å². The molecule has 10 aliphatic carbocycles. The maximum Gasteiger partial charge on any atom is 0.0622 e. The van der Waals surface area contributed by atoms with E-state index < -0.39 is 11.2 Å². The molecule has 4 nitrogen and oxygen atoms in total. The van der Waals surface area contributed by atoms with Crippen molar-refractivity contribution in [2.45, 2.75) is 259 Å². The van der Waals surface area contributed by atoms with Crippen molar-refractivity contribution in [1.29, 1.82) is 0 Å². The fraction of sp³-hybridized carbons (Fsp3) is 1.00. The van der Waals surface area contributed by atoms with Gasteiger partial charge in [-0.05, 0) is 285 Å². The van der Waals surface area contributed by atoms with Crippen LogP contribution in [0, 0.1) is 105 Å². The molecule has 0 unspecified atom stereocenters. The monoisotopic (exact) mass is 861 g/mol. The lowest BCUT2D eigenvalue weighted by atomic mass is 9.43. The van der Waals surface area contributed by atoms with Crippen molar-refractivity contribution in [3.8, 4) is 0 Å². The van der Waals surface area contributed by atoms with Crippen LogP contribution in [0.4, 0.5) is 0 Å². The average molecular weight is 861 g/mol. The van der Waals surface area contributed by atoms with E-state index >= 15 is 0 Å². The molecule has 62 heavy (non-hydrogen) atoms. The Kier molecular flexibility index (Phi) is 13.2. The van der Waals surface area contributed by atoms with Gasteiger partial charge in [0.25, 0.3) is 0 Å². The van der Waals surface area contributed by atoms with E-state index in [1.165, 1.54) is 141 Å². The first-order valence-electron chi connectivity index (χ1n) is 28.1. The van der Waals surface area contributed by atoms with Gasteiger partial charge in [0.1, 0.15) is 0 Å². The molecular weight excluding hydrogens is 761 g/mol. The van der Waals surface area contributed by atoms with Crippen LogP contribution in [0.5, 0.6) is 0 Å². The number of hydrogen-bond acceptors (Lipinski definition) is 4. The molecule has 10 rings (SSSR count). The Balaban J connectivity index is 0.000000158. The normalized spacial score (nSPS) is 51.9. The number of aliphatic hydroxyl groups is 4. The molecule has 0 aromatic rings. The van der Waals surface area contributed by atoms with E-state index in [1.54, 1.807) is 0 Å². The molecular formula is C58H100O4. The predicted molar refractivity (Wildman–Crippen MR) is 255 cm³/mol. The van der Waals surface area contributed by atoms with E-state index in [1.807, 2.05) is 0 Å². The summed E-state index contributed by atoms with van der Waals surface area (Å²) >= 11 is 0. The zero-order valence-corrected chi connectivity index (χ0v) is 41.8. The maximum absolute atomic E-state index is 10.7. The topological polar surface area (TPSA) is 80.9 Å². The van der Waals surface area contributed by atoms with Gasteiger partial charge in [0.2, 0.25) is 0 Å². The lowest BCUT2D eigenvalue weighted by Crippen LogP contribution is -2.55. The molecule has 0 aromatic heterocycles. The van der Waals surface area contributed by atoms with Gasteiger partial charge in [0, 0.05) is 0 Å². The van der Waals surface area contributed by atoms with E-state index in [0.29, 0.717) is 33.5 Å². The van der Waals surface area contributed by atoms with Crippen LogP contribution in [0.2, 0.25) is 0 Å². The Morgan fingerprint density at radius 1 is 0.403 bits per heavy atom. The van der Waals surface area contributed by atoms with Crippen molar-refractivity contribution in [3.63, 3.8) is 0 Å². The van der Waals surface area contributed by atoms with Crippen LogP contribution >= 0.6 is 0 Å². The van der Waals surface area contributed by atoms with Crippen LogP contribution in [-0.2, 0) is 0 Å². The average Bonchev–Trinajstić information content (AvgIpc) is 3.72. The fourth-order valence-electron chi connectivity index (χ4n) is 20.2. The molecule has 10 fully saturated rings. The van der Waals surface area contributed by atoms with Crippen LogP contribution in [0.1, 0.15) is 235 Å². The van der Waals surface area contributed by atoms with Gasteiger partial charge in [-0.15, -0.1) is 0 Å². The number of rotatable bonds is 10. The second-order valence-electron chi connectivity index (χ2n) is 27.8. The third kappa shape index (κ3) is 8.32. The fourth-order valence-corrected chi connectivity index (χ4v) is 20.2. The summed E-state index contributed by atoms with van der Waals surface area (Å²) in [6.07, 6.45) is 35.8. The summed E-state index contributed by atoms with van der Waals surface area (Å²) in [5.41, 5.74) is 1.18. The summed E-state index contributed by atoms with van der Waals surface area (Å²) in [7, 11) is 0. The van der Waals surface area contributed by atoms with Crippen LogP contribution in [0.3, 0.4) is 0 Å². The molecule has 0 bridgehead atoms. The minimum absolute atomic E-state index is 0.0318. The molecule has 10 aliphatic rings. The molecule has 20 atom stereocenters. The van der Waals surface area contributed by atoms with Crippen molar-refractivity contribution < 1.29 is 20.4 Å². The predicted octanol–water partition coefficient (Wildman–Crippen LogP) is 13.9. The lowest BCUT2D eigenvalue weighted by Gasteiger charge is -2.62. The van der Waals surface area contributed by atoms with Gasteiger partial charge in [0.15, 0.2) is 0 Å². The molecule has 0 radical (unpaired) electrons. The van der Waals surface area contributed by atoms with E-state index in [4.69, 9.17) is 0 Å². The van der Waals surface area contributed by atoms with Crippen LogP contribution in [0.15, 0.2) is 0 Å². The summed E-state index contributed by atoms with van der Waals surface area (Å²) < 4.78 is 0. The smallest absolute Gasteiger partial charge is 0.0622 e. The highest BCUT2D eigenvalue weighted by Gasteiger charge is 2.63. The van der Waals surface area contributed by atoms with Gasteiger partial charge in [-0.1, -0.05) is 54.4 Å². The van der Waals surface area contributed by atoms with Gasteiger partial charge in [-0.2, -0.15) is 0 Å². The zero-order valence-electron chi connectivity index (χ0n) is 41.8. The molecule has 0 amide bonds. The molecule has 0 aromatic carbocycles. The van der Waals surface area contributed by atoms with Crippen LogP contribution < -0.4 is 0 Å². The molecule has 356 valence electrons. The van der Waals surface area contributed by atoms with E-state index in [2.05, 4.69) is 55.4 Å². The zero-order chi connectivity index (χ0) is 44.0. The molecule has 0 saturated heterocycles. The Bertz CT molecular complexity index is 1420. The van der Waals surface area contributed by atoms with E-state index in [-0.39, 0.29) is 12.2 Å². The van der Waals surface area contributed by atoms with Crippen molar-refractivity contribution in [1.82, 2.24) is 0 Å². The van der Waals surface area contributed by atoms with Crippen molar-refractivity contribution in [2.75, 3.05) is 0 Å². The summed E-state index contributed by atoms with van der Waals surface area (Å²) in [5, 5.41) is 42.6. The number of fused-ring (bicyclic) bond motifs is 10. The van der Waals surface area contributed by atoms with Gasteiger partial charge < -0.3 is 20.4 Å². The standard InChI is InChI=1S/2C29H50O2/c2*1-19(8-13-26(30)20-6-5-7-20)23-11-12-24-22-10-9-21-18-27(2,31)16-17-28(21,3)25(22)14-15-29(23,24)4/h2*19-26,30-31H,5-18H2,1-4H3/t19-,21+,22+,23-,24+,25+,26+,27+,28+,29-;19-,21+,22+,23-,24+,25+,26-,27+,28+,29-/m11/s1. The second-order valence-corrected chi connectivity index (χ2v) is 27.8. The van der Waals surface area contributed by atoms with Gasteiger partial charge in [-0.3, -0.25) is 0 Å². The number of hydrogen-bond donors (Lipinski definition) is 4. The van der Waals surface area contributed by atoms with Gasteiger partial charge in [-0.25, -0.2) is 0 Å². The van der Waals surface area contributed by atoms with Crippen LogP contribution in [-0.4, -0.2) is 43.8 Å². The van der Waals surface area contributed by atoms with Gasteiger partial charge >= 0.3 is 0 Å². The quantitative estimate of drug-likeness (QED) is 0.176. The molecule has 0 heterocycles. The molecule has 4 heteroatoms. The first-order valence-corrected chi connectivity index (χ1v) is 28.1. The summed E-state index contributed by atoms with van der Waals surface area (Å²) in [6, 6.07) is 0. The molecule has 10 saturated carbocycles.